The van der Waals surface area contributed by atoms with Gasteiger partial charge in [-0.2, -0.15) is 0 Å². The summed E-state index contributed by atoms with van der Waals surface area (Å²) in [5.41, 5.74) is -0.950. The van der Waals surface area contributed by atoms with Crippen LogP contribution in [0.1, 0.15) is 47.5 Å². The zero-order chi connectivity index (χ0) is 16.8. The first-order valence-corrected chi connectivity index (χ1v) is 9.11. The Morgan fingerprint density at radius 3 is 2.32 bits per heavy atom. The van der Waals surface area contributed by atoms with Crippen molar-refractivity contribution in [3.63, 3.8) is 0 Å². The zero-order valence-electron chi connectivity index (χ0n) is 14.5. The highest BCUT2D eigenvalue weighted by Gasteiger charge is 2.31. The van der Waals surface area contributed by atoms with E-state index in [-0.39, 0.29) is 6.09 Å². The standard InChI is InChI=1S/C16H30BrNO4/c1-6-18(14(19)22-15(2,3)4)12-16(5,11-17)21-10-9-20-13-7-8-13/h13H,6-12H2,1-5H3. The lowest BCUT2D eigenvalue weighted by atomic mass is 10.1. The van der Waals surface area contributed by atoms with E-state index in [0.29, 0.717) is 37.7 Å². The van der Waals surface area contributed by atoms with Crippen molar-refractivity contribution in [2.75, 3.05) is 31.6 Å². The number of hydrogen-bond donors (Lipinski definition) is 0. The van der Waals surface area contributed by atoms with Crippen LogP contribution in [-0.2, 0) is 14.2 Å². The van der Waals surface area contributed by atoms with Crippen molar-refractivity contribution in [3.8, 4) is 0 Å². The molecule has 0 radical (unpaired) electrons. The molecule has 0 aliphatic heterocycles. The van der Waals surface area contributed by atoms with E-state index in [1.165, 1.54) is 0 Å². The van der Waals surface area contributed by atoms with Crippen LogP contribution in [0, 0.1) is 0 Å². The third-order valence-corrected chi connectivity index (χ3v) is 4.44. The molecule has 0 aromatic rings. The topological polar surface area (TPSA) is 48.0 Å². The number of ether oxygens (including phenoxy) is 3. The number of rotatable bonds is 9. The van der Waals surface area contributed by atoms with E-state index < -0.39 is 11.2 Å². The van der Waals surface area contributed by atoms with Gasteiger partial charge in [-0.25, -0.2) is 4.79 Å². The highest BCUT2D eigenvalue weighted by atomic mass is 79.9. The molecule has 22 heavy (non-hydrogen) atoms. The molecule has 0 saturated heterocycles. The fraction of sp³-hybridized carbons (Fsp3) is 0.938. The van der Waals surface area contributed by atoms with Gasteiger partial charge >= 0.3 is 6.09 Å². The van der Waals surface area contributed by atoms with E-state index in [1.54, 1.807) is 4.90 Å². The lowest BCUT2D eigenvalue weighted by Crippen LogP contribution is -2.48. The number of carbonyl (C=O) groups is 1. The number of amides is 1. The van der Waals surface area contributed by atoms with Gasteiger partial charge < -0.3 is 19.1 Å². The summed E-state index contributed by atoms with van der Waals surface area (Å²) in [5, 5.41) is 0.642. The molecule has 0 N–H and O–H groups in total. The number of nitrogens with zero attached hydrogens (tertiary/aromatic N) is 1. The highest BCUT2D eigenvalue weighted by Crippen LogP contribution is 2.23. The van der Waals surface area contributed by atoms with Crippen LogP contribution < -0.4 is 0 Å². The minimum atomic E-state index is -0.492. The summed E-state index contributed by atoms with van der Waals surface area (Å²) in [6, 6.07) is 0. The van der Waals surface area contributed by atoms with Crippen molar-refractivity contribution < 1.29 is 19.0 Å². The first-order chi connectivity index (χ1) is 10.2. The Labute approximate surface area is 142 Å². The monoisotopic (exact) mass is 379 g/mol. The SMILES string of the molecule is CCN(CC(C)(CBr)OCCOC1CC1)C(=O)OC(C)(C)C. The molecule has 1 saturated carbocycles. The quantitative estimate of drug-likeness (QED) is 0.453. The lowest BCUT2D eigenvalue weighted by molar-refractivity contribution is -0.0627. The molecule has 0 heterocycles. The van der Waals surface area contributed by atoms with Crippen molar-refractivity contribution in [3.05, 3.63) is 0 Å². The minimum Gasteiger partial charge on any atom is -0.444 e. The Bertz CT molecular complexity index is 355. The van der Waals surface area contributed by atoms with Crippen LogP contribution in [0.4, 0.5) is 4.79 Å². The second kappa shape index (κ2) is 8.50. The molecule has 6 heteroatoms. The predicted molar refractivity (Wildman–Crippen MR) is 90.6 cm³/mol. The van der Waals surface area contributed by atoms with Gasteiger partial charge in [0.15, 0.2) is 0 Å². The smallest absolute Gasteiger partial charge is 0.410 e. The molecule has 0 aromatic carbocycles. The van der Waals surface area contributed by atoms with E-state index in [9.17, 15) is 4.79 Å². The Balaban J connectivity index is 2.45. The average Bonchev–Trinajstić information content (AvgIpc) is 3.23. The molecule has 130 valence electrons. The third-order valence-electron chi connectivity index (χ3n) is 3.25. The second-order valence-corrected chi connectivity index (χ2v) is 7.56. The van der Waals surface area contributed by atoms with Gasteiger partial charge in [-0.15, -0.1) is 0 Å². The largest absolute Gasteiger partial charge is 0.444 e. The maximum absolute atomic E-state index is 12.2. The van der Waals surface area contributed by atoms with Gasteiger partial charge in [-0.3, -0.25) is 0 Å². The fourth-order valence-corrected chi connectivity index (χ4v) is 2.24. The Hall–Kier alpha value is -0.330. The van der Waals surface area contributed by atoms with Gasteiger partial charge in [0, 0.05) is 11.9 Å². The number of alkyl halides is 1. The van der Waals surface area contributed by atoms with Gasteiger partial charge in [-0.1, -0.05) is 15.9 Å². The summed E-state index contributed by atoms with van der Waals surface area (Å²) in [6.45, 7) is 11.7. The molecule has 1 atom stereocenters. The molecular formula is C16H30BrNO4. The summed E-state index contributed by atoms with van der Waals surface area (Å²) in [6.07, 6.45) is 2.46. The van der Waals surface area contributed by atoms with E-state index in [1.807, 2.05) is 34.6 Å². The number of likely N-dealkylation sites (N-methyl/N-ethyl adjacent to an activating group) is 1. The first kappa shape index (κ1) is 19.7. The van der Waals surface area contributed by atoms with Crippen LogP contribution in [0.5, 0.6) is 0 Å². The molecule has 5 nitrogen and oxygen atoms in total. The minimum absolute atomic E-state index is 0.306. The molecule has 1 aliphatic rings. The van der Waals surface area contributed by atoms with Crippen molar-refractivity contribution >= 4 is 22.0 Å². The van der Waals surface area contributed by atoms with Crippen LogP contribution in [0.3, 0.4) is 0 Å². The summed E-state index contributed by atoms with van der Waals surface area (Å²) >= 11 is 3.49. The van der Waals surface area contributed by atoms with Gasteiger partial charge in [-0.05, 0) is 47.5 Å². The van der Waals surface area contributed by atoms with E-state index in [4.69, 9.17) is 14.2 Å². The van der Waals surface area contributed by atoms with Crippen molar-refractivity contribution in [1.82, 2.24) is 4.90 Å². The number of carbonyl (C=O) groups excluding carboxylic acids is 1. The van der Waals surface area contributed by atoms with Gasteiger partial charge in [0.05, 0.1) is 31.5 Å². The summed E-state index contributed by atoms with van der Waals surface area (Å²) < 4.78 is 17.0. The molecule has 1 amide bonds. The molecule has 0 bridgehead atoms. The fourth-order valence-electron chi connectivity index (χ4n) is 1.90. The Morgan fingerprint density at radius 2 is 1.86 bits per heavy atom. The number of halogens is 1. The summed E-state index contributed by atoms with van der Waals surface area (Å²) in [7, 11) is 0. The predicted octanol–water partition coefficient (Wildman–Crippen LogP) is 3.59. The molecule has 0 aromatic heterocycles. The van der Waals surface area contributed by atoms with Crippen molar-refractivity contribution in [1.29, 1.82) is 0 Å². The lowest BCUT2D eigenvalue weighted by Gasteiger charge is -2.34. The van der Waals surface area contributed by atoms with Crippen molar-refractivity contribution in [2.45, 2.75) is 64.8 Å². The zero-order valence-corrected chi connectivity index (χ0v) is 16.1. The normalized spacial score (nSPS) is 17.9. The second-order valence-electron chi connectivity index (χ2n) is 7.00. The maximum Gasteiger partial charge on any atom is 0.410 e. The van der Waals surface area contributed by atoms with Crippen LogP contribution in [0.25, 0.3) is 0 Å². The van der Waals surface area contributed by atoms with Crippen LogP contribution in [0.2, 0.25) is 0 Å². The summed E-state index contributed by atoms with van der Waals surface area (Å²) in [4.78, 5) is 13.9. The van der Waals surface area contributed by atoms with Crippen LogP contribution in [-0.4, -0.2) is 59.9 Å². The molecule has 0 spiro atoms. The Morgan fingerprint density at radius 1 is 1.23 bits per heavy atom. The average molecular weight is 380 g/mol. The Kier molecular flexibility index (Phi) is 7.62. The molecule has 1 rings (SSSR count). The van der Waals surface area contributed by atoms with Crippen LogP contribution >= 0.6 is 15.9 Å². The maximum atomic E-state index is 12.2. The van der Waals surface area contributed by atoms with Gasteiger partial charge in [0.2, 0.25) is 0 Å². The van der Waals surface area contributed by atoms with Crippen molar-refractivity contribution in [2.24, 2.45) is 0 Å². The van der Waals surface area contributed by atoms with E-state index >= 15 is 0 Å². The summed E-state index contributed by atoms with van der Waals surface area (Å²) in [5.74, 6) is 0. The van der Waals surface area contributed by atoms with Gasteiger partial charge in [0.1, 0.15) is 5.60 Å². The van der Waals surface area contributed by atoms with Crippen LogP contribution in [0.15, 0.2) is 0 Å². The molecule has 1 aliphatic carbocycles. The van der Waals surface area contributed by atoms with E-state index in [0.717, 1.165) is 12.8 Å². The molecule has 1 fully saturated rings. The third kappa shape index (κ3) is 7.79. The first-order valence-electron chi connectivity index (χ1n) is 7.98. The highest BCUT2D eigenvalue weighted by molar-refractivity contribution is 9.09. The molecule has 1 unspecified atom stereocenters. The van der Waals surface area contributed by atoms with Gasteiger partial charge in [0.25, 0.3) is 0 Å². The molecular weight excluding hydrogens is 350 g/mol. The number of hydrogen-bond acceptors (Lipinski definition) is 4. The van der Waals surface area contributed by atoms with E-state index in [2.05, 4.69) is 15.9 Å².